The Morgan fingerprint density at radius 3 is 2.67 bits per heavy atom. The molecular weight excluding hydrogens is 311 g/mol. The highest BCUT2D eigenvalue weighted by Crippen LogP contribution is 2.12. The van der Waals surface area contributed by atoms with Crippen molar-refractivity contribution < 1.29 is 9.18 Å². The Hall–Kier alpha value is -3.35. The van der Waals surface area contributed by atoms with Crippen LogP contribution in [0.3, 0.4) is 0 Å². The lowest BCUT2D eigenvalue weighted by Gasteiger charge is -2.03. The highest BCUT2D eigenvalue weighted by Gasteiger charge is 2.10. The number of aromatic nitrogens is 2. The molecule has 1 amide bonds. The Morgan fingerprint density at radius 1 is 1.17 bits per heavy atom. The normalized spacial score (nSPS) is 11.0. The topological polar surface area (TPSA) is 87.2 Å². The summed E-state index contributed by atoms with van der Waals surface area (Å²) in [4.78, 5) is 23.7. The van der Waals surface area contributed by atoms with Crippen molar-refractivity contribution in [3.8, 4) is 0 Å². The predicted octanol–water partition coefficient (Wildman–Crippen LogP) is 1.75. The molecule has 0 fully saturated rings. The minimum absolute atomic E-state index is 0.0636. The van der Waals surface area contributed by atoms with Crippen LogP contribution in [0.5, 0.6) is 0 Å². The summed E-state index contributed by atoms with van der Waals surface area (Å²) in [5.74, 6) is -0.851. The Balaban J connectivity index is 1.73. The summed E-state index contributed by atoms with van der Waals surface area (Å²) in [7, 11) is 0. The first-order valence-corrected chi connectivity index (χ1v) is 7.18. The molecule has 0 aliphatic heterocycles. The van der Waals surface area contributed by atoms with Gasteiger partial charge in [-0.15, -0.1) is 0 Å². The number of rotatable bonds is 4. The van der Waals surface area contributed by atoms with E-state index in [0.29, 0.717) is 16.5 Å². The van der Waals surface area contributed by atoms with Crippen molar-refractivity contribution in [2.24, 2.45) is 5.10 Å². The zero-order valence-electron chi connectivity index (χ0n) is 12.5. The van der Waals surface area contributed by atoms with Crippen molar-refractivity contribution >= 4 is 22.9 Å². The molecule has 24 heavy (non-hydrogen) atoms. The fourth-order valence-corrected chi connectivity index (χ4v) is 2.25. The summed E-state index contributed by atoms with van der Waals surface area (Å²) in [6, 6.07) is 13.0. The van der Waals surface area contributed by atoms with E-state index in [9.17, 15) is 14.0 Å². The number of halogens is 1. The van der Waals surface area contributed by atoms with Gasteiger partial charge in [-0.2, -0.15) is 10.2 Å². The number of aromatic amines is 1. The number of benzene rings is 2. The second-order valence-electron chi connectivity index (χ2n) is 5.04. The van der Waals surface area contributed by atoms with Gasteiger partial charge < -0.3 is 0 Å². The van der Waals surface area contributed by atoms with Gasteiger partial charge in [-0.25, -0.2) is 14.9 Å². The fraction of sp³-hybridized carbons (Fsp3) is 0.0588. The van der Waals surface area contributed by atoms with E-state index in [-0.39, 0.29) is 17.5 Å². The number of carbonyl (C=O) groups excluding carboxylic acids is 1. The zero-order valence-corrected chi connectivity index (χ0v) is 12.5. The number of fused-ring (bicyclic) bond motifs is 1. The van der Waals surface area contributed by atoms with Crippen LogP contribution in [-0.2, 0) is 11.2 Å². The minimum Gasteiger partial charge on any atom is -0.273 e. The molecule has 2 N–H and O–H groups in total. The Morgan fingerprint density at radius 2 is 1.88 bits per heavy atom. The van der Waals surface area contributed by atoms with Crippen molar-refractivity contribution in [3.05, 3.63) is 76.0 Å². The van der Waals surface area contributed by atoms with Crippen molar-refractivity contribution in [1.29, 1.82) is 0 Å². The molecule has 0 aliphatic carbocycles. The van der Waals surface area contributed by atoms with Crippen LogP contribution in [0.2, 0.25) is 0 Å². The maximum absolute atomic E-state index is 13.4. The highest BCUT2D eigenvalue weighted by atomic mass is 19.1. The maximum Gasteiger partial charge on any atom is 0.272 e. The molecule has 0 saturated heterocycles. The third-order valence-electron chi connectivity index (χ3n) is 3.40. The van der Waals surface area contributed by atoms with Crippen molar-refractivity contribution in [3.63, 3.8) is 0 Å². The molecule has 0 radical (unpaired) electrons. The Labute approximate surface area is 136 Å². The molecule has 0 saturated carbocycles. The van der Waals surface area contributed by atoms with Gasteiger partial charge in [0, 0.05) is 10.9 Å². The number of carbonyl (C=O) groups is 1. The Bertz CT molecular complexity index is 981. The SMILES string of the molecule is O=C(Cc1n[nH]c(=O)c2ccccc12)NN=Cc1ccccc1F. The average Bonchev–Trinajstić information content (AvgIpc) is 2.59. The van der Waals surface area contributed by atoms with Gasteiger partial charge in [0.25, 0.3) is 5.56 Å². The number of hydrogen-bond donors (Lipinski definition) is 2. The van der Waals surface area contributed by atoms with Crippen molar-refractivity contribution in [1.82, 2.24) is 15.6 Å². The lowest BCUT2D eigenvalue weighted by molar-refractivity contribution is -0.120. The van der Waals surface area contributed by atoms with E-state index in [4.69, 9.17) is 0 Å². The largest absolute Gasteiger partial charge is 0.273 e. The third-order valence-corrected chi connectivity index (χ3v) is 3.40. The molecule has 0 spiro atoms. The van der Waals surface area contributed by atoms with Gasteiger partial charge in [0.1, 0.15) is 5.82 Å². The number of H-pyrrole nitrogens is 1. The van der Waals surface area contributed by atoms with E-state index in [1.807, 2.05) is 0 Å². The van der Waals surface area contributed by atoms with E-state index in [0.717, 1.165) is 0 Å². The second kappa shape index (κ2) is 6.82. The molecule has 0 bridgehead atoms. The van der Waals surface area contributed by atoms with E-state index in [1.54, 1.807) is 42.5 Å². The summed E-state index contributed by atoms with van der Waals surface area (Å²) in [5, 5.41) is 11.1. The van der Waals surface area contributed by atoms with Gasteiger partial charge in [0.05, 0.1) is 23.7 Å². The van der Waals surface area contributed by atoms with Gasteiger partial charge >= 0.3 is 0 Å². The summed E-state index contributed by atoms with van der Waals surface area (Å²) in [6.45, 7) is 0. The smallest absolute Gasteiger partial charge is 0.272 e. The summed E-state index contributed by atoms with van der Waals surface area (Å²) >= 11 is 0. The quantitative estimate of drug-likeness (QED) is 0.566. The molecule has 3 rings (SSSR count). The molecule has 0 unspecified atom stereocenters. The molecule has 7 heteroatoms. The van der Waals surface area contributed by atoms with Gasteiger partial charge in [-0.3, -0.25) is 9.59 Å². The Kier molecular flexibility index (Phi) is 4.42. The fourth-order valence-electron chi connectivity index (χ4n) is 2.25. The second-order valence-corrected chi connectivity index (χ2v) is 5.04. The molecule has 6 nitrogen and oxygen atoms in total. The molecule has 1 aromatic heterocycles. The monoisotopic (exact) mass is 324 g/mol. The third kappa shape index (κ3) is 3.35. The minimum atomic E-state index is -0.427. The van der Waals surface area contributed by atoms with E-state index in [2.05, 4.69) is 20.7 Å². The lowest BCUT2D eigenvalue weighted by Crippen LogP contribution is -2.22. The number of amides is 1. The average molecular weight is 324 g/mol. The van der Waals surface area contributed by atoms with Gasteiger partial charge in [-0.05, 0) is 12.1 Å². The van der Waals surface area contributed by atoms with Crippen LogP contribution in [-0.4, -0.2) is 22.3 Å². The molecule has 1 heterocycles. The molecule has 3 aromatic rings. The summed E-state index contributed by atoms with van der Waals surface area (Å²) in [5.41, 5.74) is 2.71. The van der Waals surface area contributed by atoms with Crippen LogP contribution >= 0.6 is 0 Å². The van der Waals surface area contributed by atoms with Crippen LogP contribution < -0.4 is 11.0 Å². The first-order valence-electron chi connectivity index (χ1n) is 7.18. The number of hydrazone groups is 1. The van der Waals surface area contributed by atoms with Crippen LogP contribution in [0, 0.1) is 5.82 Å². The number of nitrogens with one attached hydrogen (secondary N) is 2. The molecule has 2 aromatic carbocycles. The van der Waals surface area contributed by atoms with Gasteiger partial charge in [0.15, 0.2) is 0 Å². The number of hydrogen-bond acceptors (Lipinski definition) is 4. The van der Waals surface area contributed by atoms with Crippen molar-refractivity contribution in [2.45, 2.75) is 6.42 Å². The lowest BCUT2D eigenvalue weighted by atomic mass is 10.1. The molecule has 0 atom stereocenters. The van der Waals surface area contributed by atoms with E-state index >= 15 is 0 Å². The standard InChI is InChI=1S/C17H13FN4O2/c18-14-8-4-1-5-11(14)10-19-21-16(23)9-15-12-6-2-3-7-13(12)17(24)22-20-15/h1-8,10H,9H2,(H,21,23)(H,22,24). The summed E-state index contributed by atoms with van der Waals surface area (Å²) in [6.07, 6.45) is 1.16. The maximum atomic E-state index is 13.4. The van der Waals surface area contributed by atoms with Crippen LogP contribution in [0.15, 0.2) is 58.4 Å². The van der Waals surface area contributed by atoms with E-state index < -0.39 is 11.7 Å². The van der Waals surface area contributed by atoms with Crippen molar-refractivity contribution in [2.75, 3.05) is 0 Å². The van der Waals surface area contributed by atoms with Crippen LogP contribution in [0.4, 0.5) is 4.39 Å². The van der Waals surface area contributed by atoms with Gasteiger partial charge in [-0.1, -0.05) is 36.4 Å². The van der Waals surface area contributed by atoms with Gasteiger partial charge in [0.2, 0.25) is 5.91 Å². The first-order chi connectivity index (χ1) is 11.6. The number of nitrogens with zero attached hydrogens (tertiary/aromatic N) is 2. The highest BCUT2D eigenvalue weighted by molar-refractivity contribution is 5.89. The first kappa shape index (κ1) is 15.5. The van der Waals surface area contributed by atoms with Crippen LogP contribution in [0.1, 0.15) is 11.3 Å². The molecule has 0 aliphatic rings. The van der Waals surface area contributed by atoms with E-state index in [1.165, 1.54) is 12.3 Å². The molecular formula is C17H13FN4O2. The zero-order chi connectivity index (χ0) is 16.9. The summed E-state index contributed by atoms with van der Waals surface area (Å²) < 4.78 is 13.4. The molecule has 120 valence electrons. The predicted molar refractivity (Wildman–Crippen MR) is 88.2 cm³/mol. The van der Waals surface area contributed by atoms with Crippen LogP contribution in [0.25, 0.3) is 10.8 Å².